The molecule has 2 N–H and O–H groups in total. The normalized spacial score (nSPS) is 13.7. The molecule has 12 heteroatoms. The summed E-state index contributed by atoms with van der Waals surface area (Å²) in [6.45, 7) is 3.75. The number of nitrogens with one attached hydrogen (secondary N) is 2. The Morgan fingerprint density at radius 2 is 2.00 bits per heavy atom. The molecular formula is C26H27N5O5S2. The molecule has 5 rings (SSSR count). The lowest BCUT2D eigenvalue weighted by Crippen LogP contribution is -2.24. The van der Waals surface area contributed by atoms with E-state index in [2.05, 4.69) is 20.4 Å². The minimum Gasteiger partial charge on any atom is -0.497 e. The molecule has 3 aromatic heterocycles. The van der Waals surface area contributed by atoms with Crippen molar-refractivity contribution in [3.8, 4) is 11.4 Å². The van der Waals surface area contributed by atoms with Gasteiger partial charge in [0.05, 0.1) is 36.4 Å². The number of carbonyl (C=O) groups is 2. The summed E-state index contributed by atoms with van der Waals surface area (Å²) in [6.07, 6.45) is 5.22. The maximum absolute atomic E-state index is 13.2. The van der Waals surface area contributed by atoms with Crippen LogP contribution in [0.4, 0.5) is 5.00 Å². The van der Waals surface area contributed by atoms with Gasteiger partial charge in [-0.3, -0.25) is 9.59 Å². The van der Waals surface area contributed by atoms with Gasteiger partial charge in [0.25, 0.3) is 5.56 Å². The molecule has 0 aliphatic heterocycles. The number of benzene rings is 1. The monoisotopic (exact) mass is 553 g/mol. The first-order valence-electron chi connectivity index (χ1n) is 12.3. The third-order valence-corrected chi connectivity index (χ3v) is 8.47. The zero-order valence-corrected chi connectivity index (χ0v) is 22.8. The second kappa shape index (κ2) is 11.0. The number of amides is 1. The van der Waals surface area contributed by atoms with Crippen LogP contribution < -0.4 is 15.6 Å². The first-order chi connectivity index (χ1) is 18.4. The van der Waals surface area contributed by atoms with Gasteiger partial charge in [-0.2, -0.15) is 5.10 Å². The average molecular weight is 554 g/mol. The number of aromatic nitrogens is 4. The van der Waals surface area contributed by atoms with Crippen LogP contribution in [0.15, 0.2) is 40.4 Å². The summed E-state index contributed by atoms with van der Waals surface area (Å²) in [5.41, 5.74) is 2.20. The number of thiophene rings is 1. The standard InChI is InChI=1S/C26H27N5O5S2/c1-4-36-25(34)20-17-7-5-6-8-19(17)38-24(20)29-22(32)14(2)37-26-28-21-18(23(33)30-26)13-27-31(21)15-9-11-16(35-3)12-10-15/h9-14H,4-8H2,1-3H3,(H,29,32)(H,28,30,33). The van der Waals surface area contributed by atoms with Gasteiger partial charge < -0.3 is 19.8 Å². The highest BCUT2D eigenvalue weighted by atomic mass is 32.2. The maximum Gasteiger partial charge on any atom is 0.341 e. The molecule has 1 amide bonds. The summed E-state index contributed by atoms with van der Waals surface area (Å²) in [4.78, 5) is 47.1. The number of thioether (sulfide) groups is 1. The summed E-state index contributed by atoms with van der Waals surface area (Å²) >= 11 is 2.56. The molecule has 0 spiro atoms. The third-order valence-electron chi connectivity index (χ3n) is 6.28. The number of carbonyl (C=O) groups excluding carboxylic acids is 2. The smallest absolute Gasteiger partial charge is 0.341 e. The fourth-order valence-electron chi connectivity index (χ4n) is 4.37. The van der Waals surface area contributed by atoms with Crippen molar-refractivity contribution in [2.75, 3.05) is 19.0 Å². The molecule has 1 aromatic carbocycles. The van der Waals surface area contributed by atoms with Crippen molar-refractivity contribution in [1.29, 1.82) is 0 Å². The molecule has 0 saturated carbocycles. The lowest BCUT2D eigenvalue weighted by atomic mass is 9.95. The Hall–Kier alpha value is -3.64. The van der Waals surface area contributed by atoms with Crippen LogP contribution in [0.1, 0.15) is 47.5 Å². The van der Waals surface area contributed by atoms with E-state index in [1.54, 1.807) is 37.8 Å². The molecule has 1 unspecified atom stereocenters. The topological polar surface area (TPSA) is 128 Å². The summed E-state index contributed by atoms with van der Waals surface area (Å²) in [7, 11) is 1.59. The number of fused-ring (bicyclic) bond motifs is 2. The van der Waals surface area contributed by atoms with Gasteiger partial charge in [0.15, 0.2) is 10.8 Å². The minimum absolute atomic E-state index is 0.262. The van der Waals surface area contributed by atoms with E-state index in [1.165, 1.54) is 17.5 Å². The highest BCUT2D eigenvalue weighted by molar-refractivity contribution is 8.00. The molecular weight excluding hydrogens is 526 g/mol. The van der Waals surface area contributed by atoms with E-state index in [4.69, 9.17) is 9.47 Å². The van der Waals surface area contributed by atoms with Gasteiger partial charge in [-0.05, 0) is 69.4 Å². The van der Waals surface area contributed by atoms with E-state index >= 15 is 0 Å². The number of aryl methyl sites for hydroxylation is 1. The summed E-state index contributed by atoms with van der Waals surface area (Å²) < 4.78 is 12.1. The zero-order chi connectivity index (χ0) is 26.8. The Labute approximate surface area is 226 Å². The highest BCUT2D eigenvalue weighted by Crippen LogP contribution is 2.39. The zero-order valence-electron chi connectivity index (χ0n) is 21.2. The highest BCUT2D eigenvalue weighted by Gasteiger charge is 2.28. The maximum atomic E-state index is 13.2. The van der Waals surface area contributed by atoms with E-state index in [-0.39, 0.29) is 23.2 Å². The van der Waals surface area contributed by atoms with Crippen LogP contribution >= 0.6 is 23.1 Å². The van der Waals surface area contributed by atoms with Crippen LogP contribution in [0.5, 0.6) is 5.75 Å². The molecule has 0 fully saturated rings. The van der Waals surface area contributed by atoms with Crippen molar-refractivity contribution in [1.82, 2.24) is 19.7 Å². The van der Waals surface area contributed by atoms with E-state index in [0.717, 1.165) is 47.9 Å². The Morgan fingerprint density at radius 3 is 2.74 bits per heavy atom. The number of esters is 1. The SMILES string of the molecule is CCOC(=O)c1c(NC(=O)C(C)Sc2nc3c(cnn3-c3ccc(OC)cc3)c(=O)[nH]2)sc2c1CCCC2. The molecule has 1 aliphatic rings. The van der Waals surface area contributed by atoms with Crippen molar-refractivity contribution in [3.05, 3.63) is 56.8 Å². The number of ether oxygens (including phenoxy) is 2. The predicted octanol–water partition coefficient (Wildman–Crippen LogP) is 4.35. The first-order valence-corrected chi connectivity index (χ1v) is 14.0. The minimum atomic E-state index is -0.609. The second-order valence-electron chi connectivity index (χ2n) is 8.75. The Morgan fingerprint density at radius 1 is 1.24 bits per heavy atom. The average Bonchev–Trinajstić information content (AvgIpc) is 3.50. The van der Waals surface area contributed by atoms with E-state index in [9.17, 15) is 14.4 Å². The fourth-order valence-corrected chi connectivity index (χ4v) is 6.45. The van der Waals surface area contributed by atoms with Crippen LogP contribution in [0.25, 0.3) is 16.7 Å². The van der Waals surface area contributed by atoms with Gasteiger partial charge in [0.2, 0.25) is 5.91 Å². The molecule has 1 atom stereocenters. The molecule has 10 nitrogen and oxygen atoms in total. The number of aromatic amines is 1. The molecule has 0 radical (unpaired) electrons. The molecule has 38 heavy (non-hydrogen) atoms. The van der Waals surface area contributed by atoms with Crippen LogP contribution in [-0.4, -0.2) is 50.6 Å². The Bertz CT molecular complexity index is 1560. The van der Waals surface area contributed by atoms with E-state index in [0.29, 0.717) is 33.0 Å². The number of H-pyrrole nitrogens is 1. The lowest BCUT2D eigenvalue weighted by molar-refractivity contribution is -0.115. The van der Waals surface area contributed by atoms with Crippen molar-refractivity contribution >= 4 is 51.0 Å². The second-order valence-corrected chi connectivity index (χ2v) is 11.2. The molecule has 0 bridgehead atoms. The number of rotatable bonds is 8. The van der Waals surface area contributed by atoms with Gasteiger partial charge in [-0.15, -0.1) is 11.3 Å². The molecule has 4 aromatic rings. The van der Waals surface area contributed by atoms with Crippen molar-refractivity contribution < 1.29 is 19.1 Å². The summed E-state index contributed by atoms with van der Waals surface area (Å²) in [6, 6.07) is 7.23. The van der Waals surface area contributed by atoms with Gasteiger partial charge in [0, 0.05) is 4.88 Å². The van der Waals surface area contributed by atoms with Gasteiger partial charge in [0.1, 0.15) is 16.1 Å². The number of methoxy groups -OCH3 is 1. The predicted molar refractivity (Wildman–Crippen MR) is 147 cm³/mol. The Balaban J connectivity index is 1.38. The van der Waals surface area contributed by atoms with Crippen LogP contribution in [0.3, 0.4) is 0 Å². The fraction of sp³-hybridized carbons (Fsp3) is 0.346. The Kier molecular flexibility index (Phi) is 7.52. The van der Waals surface area contributed by atoms with Gasteiger partial charge in [-0.25, -0.2) is 14.5 Å². The first kappa shape index (κ1) is 26.0. The van der Waals surface area contributed by atoms with E-state index < -0.39 is 11.2 Å². The molecule has 1 aliphatic carbocycles. The lowest BCUT2D eigenvalue weighted by Gasteiger charge is -2.13. The molecule has 0 saturated heterocycles. The number of nitrogens with zero attached hydrogens (tertiary/aromatic N) is 3. The third kappa shape index (κ3) is 5.05. The summed E-state index contributed by atoms with van der Waals surface area (Å²) in [5.74, 6) is -0.0129. The van der Waals surface area contributed by atoms with Crippen molar-refractivity contribution in [3.63, 3.8) is 0 Å². The number of hydrogen-bond donors (Lipinski definition) is 2. The van der Waals surface area contributed by atoms with Gasteiger partial charge >= 0.3 is 5.97 Å². The summed E-state index contributed by atoms with van der Waals surface area (Å²) in [5, 5.41) is 7.79. The van der Waals surface area contributed by atoms with Crippen molar-refractivity contribution in [2.45, 2.75) is 49.9 Å². The van der Waals surface area contributed by atoms with Crippen LogP contribution in [0.2, 0.25) is 0 Å². The van der Waals surface area contributed by atoms with E-state index in [1.807, 2.05) is 12.1 Å². The van der Waals surface area contributed by atoms with Crippen LogP contribution in [-0.2, 0) is 22.4 Å². The molecule has 3 heterocycles. The van der Waals surface area contributed by atoms with Gasteiger partial charge in [-0.1, -0.05) is 11.8 Å². The largest absolute Gasteiger partial charge is 0.497 e. The number of hydrogen-bond acceptors (Lipinski definition) is 9. The molecule has 198 valence electrons. The quantitative estimate of drug-likeness (QED) is 0.187. The van der Waals surface area contributed by atoms with Crippen LogP contribution in [0, 0.1) is 0 Å². The van der Waals surface area contributed by atoms with Crippen molar-refractivity contribution in [2.24, 2.45) is 0 Å². The number of anilines is 1.